The molecule has 1 aliphatic heterocycles. The molecule has 3 aromatic rings. The predicted octanol–water partition coefficient (Wildman–Crippen LogP) is 4.53. The smallest absolute Gasteiger partial charge is 0.274 e. The molecule has 2 N–H and O–H groups in total. The number of halogens is 1. The Hall–Kier alpha value is -3.51. The van der Waals surface area contributed by atoms with Crippen molar-refractivity contribution in [2.45, 2.75) is 6.92 Å². The molecule has 0 unspecified atom stereocenters. The van der Waals surface area contributed by atoms with Crippen LogP contribution in [0.2, 0.25) is 0 Å². The normalized spacial score (nSPS) is 12.2. The summed E-state index contributed by atoms with van der Waals surface area (Å²) < 4.78 is 20.2. The maximum Gasteiger partial charge on any atom is 0.274 e. The van der Waals surface area contributed by atoms with Crippen LogP contribution in [-0.2, 0) is 0 Å². The van der Waals surface area contributed by atoms with Crippen molar-refractivity contribution in [1.29, 1.82) is 0 Å². The lowest BCUT2D eigenvalue weighted by molar-refractivity contribution is 0.0706. The molecular weight excluding hydrogens is 347 g/mol. The summed E-state index contributed by atoms with van der Waals surface area (Å²) in [6, 6.07) is 16.6. The fourth-order valence-corrected chi connectivity index (χ4v) is 3.03. The number of para-hydroxylation sites is 2. The number of hydrogen-bond donors (Lipinski definition) is 2. The Balaban J connectivity index is 1.93. The third-order valence-electron chi connectivity index (χ3n) is 4.33. The largest absolute Gasteiger partial charge is 0.454 e. The van der Waals surface area contributed by atoms with Crippen LogP contribution in [0.3, 0.4) is 0 Å². The van der Waals surface area contributed by atoms with Crippen molar-refractivity contribution in [1.82, 2.24) is 5.48 Å². The predicted molar refractivity (Wildman–Crippen MR) is 98.6 cm³/mol. The number of nitrogens with zero attached hydrogens (tertiary/aromatic N) is 1. The zero-order valence-electron chi connectivity index (χ0n) is 14.4. The second-order valence-electron chi connectivity index (χ2n) is 6.15. The summed E-state index contributed by atoms with van der Waals surface area (Å²) in [5.74, 6) is 0.127. The van der Waals surface area contributed by atoms with Crippen molar-refractivity contribution in [2.24, 2.45) is 4.99 Å². The molecule has 0 fully saturated rings. The van der Waals surface area contributed by atoms with E-state index in [2.05, 4.69) is 0 Å². The van der Waals surface area contributed by atoms with Gasteiger partial charge in [0.2, 0.25) is 0 Å². The number of fused-ring (bicyclic) bond motifs is 2. The average Bonchev–Trinajstić information content (AvgIpc) is 2.85. The van der Waals surface area contributed by atoms with Crippen LogP contribution in [0.15, 0.2) is 65.7 Å². The molecule has 0 aliphatic carbocycles. The Kier molecular flexibility index (Phi) is 4.18. The van der Waals surface area contributed by atoms with Crippen LogP contribution in [-0.4, -0.2) is 16.8 Å². The zero-order chi connectivity index (χ0) is 19.0. The molecule has 1 amide bonds. The molecule has 0 saturated carbocycles. The van der Waals surface area contributed by atoms with Gasteiger partial charge in [0.15, 0.2) is 5.75 Å². The summed E-state index contributed by atoms with van der Waals surface area (Å²) in [7, 11) is 0. The van der Waals surface area contributed by atoms with Crippen molar-refractivity contribution in [2.75, 3.05) is 0 Å². The van der Waals surface area contributed by atoms with Crippen LogP contribution in [0.1, 0.15) is 27.0 Å². The summed E-state index contributed by atoms with van der Waals surface area (Å²) in [5.41, 5.74) is 4.93. The Morgan fingerprint density at radius 1 is 1.11 bits per heavy atom. The topological polar surface area (TPSA) is 70.9 Å². The van der Waals surface area contributed by atoms with E-state index in [1.807, 2.05) is 24.3 Å². The van der Waals surface area contributed by atoms with Crippen molar-refractivity contribution >= 4 is 17.3 Å². The molecule has 0 aromatic heterocycles. The second kappa shape index (κ2) is 6.66. The molecule has 0 atom stereocenters. The number of rotatable bonds is 2. The molecular formula is C21H15FN2O3. The van der Waals surface area contributed by atoms with Gasteiger partial charge in [0.1, 0.15) is 17.3 Å². The zero-order valence-corrected chi connectivity index (χ0v) is 14.4. The molecule has 134 valence electrons. The van der Waals surface area contributed by atoms with Gasteiger partial charge < -0.3 is 4.74 Å². The number of benzene rings is 3. The maximum atomic E-state index is 14.1. The van der Waals surface area contributed by atoms with Crippen LogP contribution >= 0.6 is 0 Å². The number of aliphatic imine (C=N–C) groups is 1. The van der Waals surface area contributed by atoms with Gasteiger partial charge in [-0.2, -0.15) is 0 Å². The quantitative estimate of drug-likeness (QED) is 0.407. The monoisotopic (exact) mass is 362 g/mol. The first-order valence-electron chi connectivity index (χ1n) is 8.28. The summed E-state index contributed by atoms with van der Waals surface area (Å²) in [6.45, 7) is 1.78. The highest BCUT2D eigenvalue weighted by Crippen LogP contribution is 2.40. The van der Waals surface area contributed by atoms with Gasteiger partial charge in [-0.1, -0.05) is 24.3 Å². The van der Waals surface area contributed by atoms with E-state index in [9.17, 15) is 9.18 Å². The van der Waals surface area contributed by atoms with E-state index in [-0.39, 0.29) is 5.82 Å². The van der Waals surface area contributed by atoms with E-state index in [1.54, 1.807) is 36.7 Å². The molecule has 27 heavy (non-hydrogen) atoms. The maximum absolute atomic E-state index is 14.1. The van der Waals surface area contributed by atoms with Crippen LogP contribution in [0.4, 0.5) is 10.1 Å². The summed E-state index contributed by atoms with van der Waals surface area (Å²) in [4.78, 5) is 16.2. The molecule has 1 aliphatic rings. The molecule has 0 saturated heterocycles. The number of hydrogen-bond acceptors (Lipinski definition) is 4. The van der Waals surface area contributed by atoms with Gasteiger partial charge >= 0.3 is 0 Å². The fraction of sp³-hybridized carbons (Fsp3) is 0.0476. The lowest BCUT2D eigenvalue weighted by atomic mass is 9.98. The summed E-state index contributed by atoms with van der Waals surface area (Å²) in [6.07, 6.45) is 0. The minimum Gasteiger partial charge on any atom is -0.454 e. The lowest BCUT2D eigenvalue weighted by Crippen LogP contribution is -2.18. The van der Waals surface area contributed by atoms with E-state index < -0.39 is 5.91 Å². The van der Waals surface area contributed by atoms with Crippen LogP contribution in [0.25, 0.3) is 0 Å². The molecule has 6 heteroatoms. The molecule has 0 spiro atoms. The molecule has 0 radical (unpaired) electrons. The summed E-state index contributed by atoms with van der Waals surface area (Å²) >= 11 is 0. The average molecular weight is 362 g/mol. The van der Waals surface area contributed by atoms with Crippen molar-refractivity contribution < 1.29 is 19.1 Å². The standard InChI is InChI=1S/C21H15FN2O3/c1-12-10-15(22)11-16-19(13-6-8-14(9-7-13)21(25)24-26)23-17-4-2-3-5-18(17)27-20(12)16/h2-11,26H,1H3,(H,24,25). The SMILES string of the molecule is Cc1cc(F)cc2c1Oc1ccccc1N=C2c1ccc(C(=O)NO)cc1. The minimum absolute atomic E-state index is 0.294. The number of aryl methyl sites for hydroxylation is 1. The third kappa shape index (κ3) is 3.07. The van der Waals surface area contributed by atoms with Gasteiger partial charge in [0.25, 0.3) is 5.91 Å². The van der Waals surface area contributed by atoms with E-state index in [0.29, 0.717) is 45.2 Å². The summed E-state index contributed by atoms with van der Waals surface area (Å²) in [5, 5.41) is 8.76. The molecule has 0 bridgehead atoms. The van der Waals surface area contributed by atoms with Gasteiger partial charge in [0, 0.05) is 16.7 Å². The second-order valence-corrected chi connectivity index (χ2v) is 6.15. The Labute approximate surface area is 154 Å². The first-order valence-corrected chi connectivity index (χ1v) is 8.28. The number of hydroxylamine groups is 1. The van der Waals surface area contributed by atoms with Crippen LogP contribution < -0.4 is 10.2 Å². The van der Waals surface area contributed by atoms with Gasteiger partial charge in [0.05, 0.1) is 5.71 Å². The number of ether oxygens (including phenoxy) is 1. The molecule has 4 rings (SSSR count). The van der Waals surface area contributed by atoms with Crippen molar-refractivity contribution in [3.8, 4) is 11.5 Å². The van der Waals surface area contributed by atoms with Crippen LogP contribution in [0.5, 0.6) is 11.5 Å². The van der Waals surface area contributed by atoms with E-state index in [4.69, 9.17) is 14.9 Å². The van der Waals surface area contributed by atoms with E-state index in [1.165, 1.54) is 12.1 Å². The highest BCUT2D eigenvalue weighted by atomic mass is 19.1. The van der Waals surface area contributed by atoms with Crippen molar-refractivity contribution in [3.05, 3.63) is 88.7 Å². The first kappa shape index (κ1) is 16.9. The van der Waals surface area contributed by atoms with Crippen LogP contribution in [0, 0.1) is 12.7 Å². The van der Waals surface area contributed by atoms with Gasteiger partial charge in [-0.05, 0) is 48.9 Å². The fourth-order valence-electron chi connectivity index (χ4n) is 3.03. The Bertz CT molecular complexity index is 1080. The number of nitrogens with one attached hydrogen (secondary N) is 1. The van der Waals surface area contributed by atoms with Gasteiger partial charge in [-0.25, -0.2) is 14.9 Å². The third-order valence-corrected chi connectivity index (χ3v) is 4.33. The number of carbonyl (C=O) groups is 1. The Morgan fingerprint density at radius 3 is 2.59 bits per heavy atom. The van der Waals surface area contributed by atoms with Crippen molar-refractivity contribution in [3.63, 3.8) is 0 Å². The lowest BCUT2D eigenvalue weighted by Gasteiger charge is -2.13. The first-order chi connectivity index (χ1) is 13.1. The highest BCUT2D eigenvalue weighted by molar-refractivity contribution is 6.16. The molecule has 1 heterocycles. The van der Waals surface area contributed by atoms with Gasteiger partial charge in [-0.3, -0.25) is 10.0 Å². The highest BCUT2D eigenvalue weighted by Gasteiger charge is 2.22. The Morgan fingerprint density at radius 2 is 1.85 bits per heavy atom. The molecule has 3 aromatic carbocycles. The van der Waals surface area contributed by atoms with Gasteiger partial charge in [-0.15, -0.1) is 0 Å². The van der Waals surface area contributed by atoms with E-state index >= 15 is 0 Å². The van der Waals surface area contributed by atoms with E-state index in [0.717, 1.165) is 0 Å². The minimum atomic E-state index is -0.611. The number of carbonyl (C=O) groups excluding carboxylic acids is 1. The number of amides is 1. The molecule has 5 nitrogen and oxygen atoms in total.